The number of halogens is 6. The van der Waals surface area contributed by atoms with Crippen LogP contribution >= 0.6 is 0 Å². The van der Waals surface area contributed by atoms with E-state index in [1.807, 2.05) is 0 Å². The van der Waals surface area contributed by atoms with Crippen LogP contribution in [0.15, 0.2) is 78.9 Å². The predicted molar refractivity (Wildman–Crippen MR) is 109 cm³/mol. The van der Waals surface area contributed by atoms with Crippen molar-refractivity contribution >= 4 is 16.9 Å². The molecule has 0 bridgehead atoms. The van der Waals surface area contributed by atoms with Gasteiger partial charge in [0.05, 0.1) is 11.1 Å². The van der Waals surface area contributed by atoms with Gasteiger partial charge in [-0.3, -0.25) is 4.79 Å². The first-order valence-electron chi connectivity index (χ1n) is 9.73. The van der Waals surface area contributed by atoms with Crippen molar-refractivity contribution in [1.82, 2.24) is 0 Å². The Bertz CT molecular complexity index is 1190. The second kappa shape index (κ2) is 7.97. The minimum absolute atomic E-state index is 0.128. The van der Waals surface area contributed by atoms with Crippen molar-refractivity contribution in [2.45, 2.75) is 24.7 Å². The minimum Gasteiger partial charge on any atom is -0.294 e. The second-order valence-corrected chi connectivity index (χ2v) is 7.54. The lowest BCUT2D eigenvalue weighted by molar-refractivity contribution is -0.138. The summed E-state index contributed by atoms with van der Waals surface area (Å²) in [6.07, 6.45) is -9.31. The molecule has 0 saturated carbocycles. The van der Waals surface area contributed by atoms with Crippen molar-refractivity contribution in [2.24, 2.45) is 0 Å². The molecule has 0 spiro atoms. The number of rotatable bonds is 3. The third-order valence-corrected chi connectivity index (χ3v) is 5.47. The van der Waals surface area contributed by atoms with Crippen LogP contribution in [-0.2, 0) is 17.1 Å². The minimum atomic E-state index is -4.60. The van der Waals surface area contributed by atoms with Crippen LogP contribution in [-0.4, -0.2) is 5.78 Å². The van der Waals surface area contributed by atoms with E-state index in [-0.39, 0.29) is 28.9 Å². The molecule has 3 aromatic carbocycles. The first kappa shape index (κ1) is 21.9. The second-order valence-electron chi connectivity index (χ2n) is 7.54. The zero-order chi connectivity index (χ0) is 23.1. The van der Waals surface area contributed by atoms with Crippen molar-refractivity contribution in [2.75, 3.05) is 0 Å². The van der Waals surface area contributed by atoms with E-state index < -0.39 is 29.4 Å². The summed E-state index contributed by atoms with van der Waals surface area (Å²) in [7, 11) is 0. The van der Waals surface area contributed by atoms with Crippen LogP contribution in [0.3, 0.4) is 0 Å². The zero-order valence-corrected chi connectivity index (χ0v) is 16.5. The molecule has 32 heavy (non-hydrogen) atoms. The quantitative estimate of drug-likeness (QED) is 0.384. The summed E-state index contributed by atoms with van der Waals surface area (Å²) >= 11 is 0. The molecule has 0 fully saturated rings. The number of ketones is 1. The van der Waals surface area contributed by atoms with Crippen molar-refractivity contribution in [1.29, 1.82) is 0 Å². The number of Topliss-reactive ketones (excluding diaryl/α,β-unsaturated/α-hetero) is 1. The number of benzene rings is 3. The van der Waals surface area contributed by atoms with Gasteiger partial charge in [-0.25, -0.2) is 0 Å². The van der Waals surface area contributed by atoms with Gasteiger partial charge in [-0.1, -0.05) is 60.7 Å². The highest BCUT2D eigenvalue weighted by Gasteiger charge is 2.38. The van der Waals surface area contributed by atoms with Gasteiger partial charge in [0.25, 0.3) is 0 Å². The number of carbonyl (C=O) groups excluding carboxylic acids is 1. The molecule has 4 rings (SSSR count). The van der Waals surface area contributed by atoms with Gasteiger partial charge < -0.3 is 0 Å². The van der Waals surface area contributed by atoms with Gasteiger partial charge in [0.1, 0.15) is 0 Å². The number of hydrogen-bond acceptors (Lipinski definition) is 1. The molecule has 0 radical (unpaired) electrons. The Balaban J connectivity index is 1.95. The summed E-state index contributed by atoms with van der Waals surface area (Å²) < 4.78 is 79.9. The maximum absolute atomic E-state index is 13.3. The summed E-state index contributed by atoms with van der Waals surface area (Å²) in [5.41, 5.74) is -0.340. The Morgan fingerprint density at radius 1 is 0.656 bits per heavy atom. The molecule has 1 atom stereocenters. The monoisotopic (exact) mass is 446 g/mol. The number of alkyl halides is 6. The van der Waals surface area contributed by atoms with Crippen molar-refractivity contribution in [3.8, 4) is 0 Å². The molecule has 0 aliphatic heterocycles. The number of hydrogen-bond donors (Lipinski definition) is 0. The van der Waals surface area contributed by atoms with Crippen LogP contribution in [0.4, 0.5) is 26.3 Å². The van der Waals surface area contributed by atoms with E-state index in [9.17, 15) is 31.1 Å². The molecule has 0 aromatic heterocycles. The Hall–Kier alpha value is -3.35. The largest absolute Gasteiger partial charge is 0.416 e. The lowest BCUT2D eigenvalue weighted by Gasteiger charge is -2.19. The molecule has 164 valence electrons. The molecule has 1 aliphatic rings. The van der Waals surface area contributed by atoms with E-state index in [4.69, 9.17) is 0 Å². The summed E-state index contributed by atoms with van der Waals surface area (Å²) in [5, 5.41) is 0. The van der Waals surface area contributed by atoms with Crippen LogP contribution in [0.5, 0.6) is 0 Å². The van der Waals surface area contributed by atoms with Gasteiger partial charge in [0.2, 0.25) is 0 Å². The van der Waals surface area contributed by atoms with Crippen molar-refractivity contribution in [3.05, 3.63) is 107 Å². The number of carbonyl (C=O) groups is 1. The third-order valence-electron chi connectivity index (χ3n) is 5.47. The first-order valence-corrected chi connectivity index (χ1v) is 9.73. The SMILES string of the molecule is O=C1CC(c2cccc(C(F)(F)F)c2)C(c2cccc(C(F)(F)F)c2)=C1c1ccccc1. The molecule has 1 unspecified atom stereocenters. The zero-order valence-electron chi connectivity index (χ0n) is 16.5. The molecule has 1 nitrogen and oxygen atoms in total. The van der Waals surface area contributed by atoms with E-state index in [2.05, 4.69) is 0 Å². The van der Waals surface area contributed by atoms with Crippen LogP contribution in [0.1, 0.15) is 40.2 Å². The smallest absolute Gasteiger partial charge is 0.294 e. The van der Waals surface area contributed by atoms with Gasteiger partial charge >= 0.3 is 12.4 Å². The Labute approximate surface area is 180 Å². The molecule has 0 saturated heterocycles. The van der Waals surface area contributed by atoms with Gasteiger partial charge in [-0.15, -0.1) is 0 Å². The van der Waals surface area contributed by atoms with E-state index in [1.165, 1.54) is 24.3 Å². The highest BCUT2D eigenvalue weighted by molar-refractivity contribution is 6.32. The molecular weight excluding hydrogens is 430 g/mol. The van der Waals surface area contributed by atoms with Crippen LogP contribution in [0, 0.1) is 0 Å². The summed E-state index contributed by atoms with van der Waals surface area (Å²) in [5.74, 6) is -1.13. The van der Waals surface area contributed by atoms with Crippen LogP contribution in [0.2, 0.25) is 0 Å². The molecular formula is C25H16F6O. The number of allylic oxidation sites excluding steroid dienone is 2. The third kappa shape index (κ3) is 4.20. The van der Waals surface area contributed by atoms with Gasteiger partial charge in [0.15, 0.2) is 5.78 Å². The van der Waals surface area contributed by atoms with Gasteiger partial charge in [-0.2, -0.15) is 26.3 Å². The fraction of sp³-hybridized carbons (Fsp3) is 0.160. The lowest BCUT2D eigenvalue weighted by Crippen LogP contribution is -2.08. The Kier molecular flexibility index (Phi) is 5.44. The molecule has 0 amide bonds. The van der Waals surface area contributed by atoms with Crippen molar-refractivity contribution < 1.29 is 31.1 Å². The van der Waals surface area contributed by atoms with Crippen molar-refractivity contribution in [3.63, 3.8) is 0 Å². The molecule has 1 aliphatic carbocycles. The lowest BCUT2D eigenvalue weighted by atomic mass is 9.85. The topological polar surface area (TPSA) is 17.1 Å². The Morgan fingerprint density at radius 2 is 1.22 bits per heavy atom. The van der Waals surface area contributed by atoms with E-state index >= 15 is 0 Å². The molecule has 7 heteroatoms. The normalized spacial score (nSPS) is 17.2. The maximum atomic E-state index is 13.3. The standard InChI is InChI=1S/C25H16F6O/c26-24(27,28)18-10-4-8-16(12-18)20-14-21(32)23(15-6-2-1-3-7-15)22(20)17-9-5-11-19(13-17)25(29,30)31/h1-13,20H,14H2. The fourth-order valence-corrected chi connectivity index (χ4v) is 4.06. The summed E-state index contributed by atoms with van der Waals surface area (Å²) in [6.45, 7) is 0. The molecule has 3 aromatic rings. The first-order chi connectivity index (χ1) is 15.1. The maximum Gasteiger partial charge on any atom is 0.416 e. The van der Waals surface area contributed by atoms with Gasteiger partial charge in [-0.05, 0) is 40.5 Å². The Morgan fingerprint density at radius 3 is 1.84 bits per heavy atom. The van der Waals surface area contributed by atoms with E-state index in [1.54, 1.807) is 30.3 Å². The van der Waals surface area contributed by atoms with Crippen LogP contribution < -0.4 is 0 Å². The van der Waals surface area contributed by atoms with Crippen LogP contribution in [0.25, 0.3) is 11.1 Å². The fourth-order valence-electron chi connectivity index (χ4n) is 4.06. The summed E-state index contributed by atoms with van der Waals surface area (Å²) in [6, 6.07) is 17.6. The highest BCUT2D eigenvalue weighted by Crippen LogP contribution is 2.48. The summed E-state index contributed by atoms with van der Waals surface area (Å²) in [4.78, 5) is 13.0. The van der Waals surface area contributed by atoms with E-state index in [0.717, 1.165) is 24.3 Å². The average molecular weight is 446 g/mol. The average Bonchev–Trinajstić information content (AvgIpc) is 3.10. The van der Waals surface area contributed by atoms with Gasteiger partial charge in [0, 0.05) is 17.9 Å². The highest BCUT2D eigenvalue weighted by atomic mass is 19.4. The molecule has 0 heterocycles. The molecule has 0 N–H and O–H groups in total. The predicted octanol–water partition coefficient (Wildman–Crippen LogP) is 7.39. The van der Waals surface area contributed by atoms with E-state index in [0.29, 0.717) is 11.1 Å².